The van der Waals surface area contributed by atoms with E-state index in [4.69, 9.17) is 14.6 Å². The summed E-state index contributed by atoms with van der Waals surface area (Å²) in [6, 6.07) is 15.0. The fraction of sp³-hybridized carbons (Fsp3) is 0.188. The molecule has 1 unspecified atom stereocenters. The van der Waals surface area contributed by atoms with Gasteiger partial charge in [-0.15, -0.1) is 0 Å². The Morgan fingerprint density at radius 2 is 1.95 bits per heavy atom. The molecule has 0 spiro atoms. The van der Waals surface area contributed by atoms with Crippen LogP contribution in [0.2, 0.25) is 0 Å². The number of hydrogen-bond donors (Lipinski definition) is 1. The average molecular weight is 270 g/mol. The van der Waals surface area contributed by atoms with Gasteiger partial charge in [0.15, 0.2) is 6.10 Å². The smallest absolute Gasteiger partial charge is 0.344 e. The Kier molecular flexibility index (Phi) is 3.29. The number of hydrogen-bond acceptors (Lipinski definition) is 3. The minimum absolute atomic E-state index is 0.483. The van der Waals surface area contributed by atoms with Crippen LogP contribution in [0.4, 0.5) is 0 Å². The lowest BCUT2D eigenvalue weighted by molar-refractivity contribution is -0.145. The largest absolute Gasteiger partial charge is 0.479 e. The molecule has 0 amide bonds. The van der Waals surface area contributed by atoms with Gasteiger partial charge in [0.25, 0.3) is 0 Å². The molecule has 2 aromatic carbocycles. The SMILES string of the molecule is O=C(O)C1CCc2cc(Oc3ccccc3)ccc2O1. The quantitative estimate of drug-likeness (QED) is 0.930. The molecular weight excluding hydrogens is 256 g/mol. The van der Waals surface area contributed by atoms with E-state index in [1.54, 1.807) is 12.1 Å². The number of rotatable bonds is 3. The molecule has 1 N–H and O–H groups in total. The third-order valence-electron chi connectivity index (χ3n) is 3.23. The molecule has 4 heteroatoms. The highest BCUT2D eigenvalue weighted by atomic mass is 16.5. The summed E-state index contributed by atoms with van der Waals surface area (Å²) in [5.74, 6) is 1.21. The lowest BCUT2D eigenvalue weighted by atomic mass is 10.0. The van der Waals surface area contributed by atoms with E-state index >= 15 is 0 Å². The van der Waals surface area contributed by atoms with Crippen LogP contribution in [0, 0.1) is 0 Å². The fourth-order valence-electron chi connectivity index (χ4n) is 2.23. The molecular formula is C16H14O4. The van der Waals surface area contributed by atoms with Crippen molar-refractivity contribution in [1.29, 1.82) is 0 Å². The molecule has 3 rings (SSSR count). The van der Waals surface area contributed by atoms with E-state index < -0.39 is 12.1 Å². The van der Waals surface area contributed by atoms with Crippen molar-refractivity contribution in [2.24, 2.45) is 0 Å². The average Bonchev–Trinajstić information content (AvgIpc) is 2.47. The third kappa shape index (κ3) is 2.59. The van der Waals surface area contributed by atoms with Gasteiger partial charge in [-0.3, -0.25) is 0 Å². The van der Waals surface area contributed by atoms with E-state index in [9.17, 15) is 4.79 Å². The van der Waals surface area contributed by atoms with Gasteiger partial charge in [-0.1, -0.05) is 18.2 Å². The molecule has 2 aromatic rings. The van der Waals surface area contributed by atoms with Crippen LogP contribution in [-0.4, -0.2) is 17.2 Å². The van der Waals surface area contributed by atoms with Crippen LogP contribution >= 0.6 is 0 Å². The standard InChI is InChI=1S/C16H14O4/c17-16(18)15-8-6-11-10-13(7-9-14(11)20-15)19-12-4-2-1-3-5-12/h1-5,7,9-10,15H,6,8H2,(H,17,18). The van der Waals surface area contributed by atoms with Crippen molar-refractivity contribution in [2.45, 2.75) is 18.9 Å². The Labute approximate surface area is 116 Å². The zero-order valence-corrected chi connectivity index (χ0v) is 10.8. The predicted molar refractivity (Wildman–Crippen MR) is 73.3 cm³/mol. The summed E-state index contributed by atoms with van der Waals surface area (Å²) in [5.41, 5.74) is 0.982. The minimum atomic E-state index is -0.916. The second kappa shape index (κ2) is 5.25. The Bertz CT molecular complexity index is 622. The Morgan fingerprint density at radius 3 is 2.70 bits per heavy atom. The first kappa shape index (κ1) is 12.5. The van der Waals surface area contributed by atoms with E-state index in [1.807, 2.05) is 36.4 Å². The zero-order chi connectivity index (χ0) is 13.9. The van der Waals surface area contributed by atoms with Crippen molar-refractivity contribution in [1.82, 2.24) is 0 Å². The van der Waals surface area contributed by atoms with Crippen LogP contribution in [-0.2, 0) is 11.2 Å². The van der Waals surface area contributed by atoms with Gasteiger partial charge in [0.1, 0.15) is 17.2 Å². The Balaban J connectivity index is 1.79. The Hall–Kier alpha value is -2.49. The molecule has 1 heterocycles. The number of aliphatic carboxylic acids is 1. The molecule has 1 aliphatic rings. The summed E-state index contributed by atoms with van der Waals surface area (Å²) in [6.45, 7) is 0. The van der Waals surface area contributed by atoms with Crippen LogP contribution in [0.3, 0.4) is 0 Å². The highest BCUT2D eigenvalue weighted by Crippen LogP contribution is 2.32. The number of carboxylic acids is 1. The van der Waals surface area contributed by atoms with Gasteiger partial charge in [0.2, 0.25) is 0 Å². The molecule has 0 bridgehead atoms. The molecule has 1 aliphatic heterocycles. The summed E-state index contributed by atoms with van der Waals surface area (Å²) < 4.78 is 11.2. The molecule has 4 nitrogen and oxygen atoms in total. The lowest BCUT2D eigenvalue weighted by Crippen LogP contribution is -2.30. The van der Waals surface area contributed by atoms with Crippen molar-refractivity contribution < 1.29 is 19.4 Å². The van der Waals surface area contributed by atoms with Crippen molar-refractivity contribution in [3.05, 3.63) is 54.1 Å². The molecule has 20 heavy (non-hydrogen) atoms. The maximum atomic E-state index is 10.9. The molecule has 0 aliphatic carbocycles. The van der Waals surface area contributed by atoms with Gasteiger partial charge in [-0.2, -0.15) is 0 Å². The summed E-state index contributed by atoms with van der Waals surface area (Å²) in [7, 11) is 0. The second-order valence-corrected chi connectivity index (χ2v) is 4.67. The number of para-hydroxylation sites is 1. The van der Waals surface area contributed by atoms with Crippen LogP contribution in [0.25, 0.3) is 0 Å². The topological polar surface area (TPSA) is 55.8 Å². The zero-order valence-electron chi connectivity index (χ0n) is 10.8. The minimum Gasteiger partial charge on any atom is -0.479 e. The van der Waals surface area contributed by atoms with Crippen molar-refractivity contribution in [3.63, 3.8) is 0 Å². The highest BCUT2D eigenvalue weighted by Gasteiger charge is 2.25. The number of carbonyl (C=O) groups is 1. The number of ether oxygens (including phenoxy) is 2. The maximum Gasteiger partial charge on any atom is 0.344 e. The fourth-order valence-corrected chi connectivity index (χ4v) is 2.23. The van der Waals surface area contributed by atoms with Gasteiger partial charge in [0.05, 0.1) is 0 Å². The summed E-state index contributed by atoms with van der Waals surface area (Å²) >= 11 is 0. The second-order valence-electron chi connectivity index (χ2n) is 4.67. The summed E-state index contributed by atoms with van der Waals surface area (Å²) in [4.78, 5) is 10.9. The van der Waals surface area contributed by atoms with E-state index in [2.05, 4.69) is 0 Å². The third-order valence-corrected chi connectivity index (χ3v) is 3.23. The molecule has 0 fully saturated rings. The van der Waals surface area contributed by atoms with Gasteiger partial charge >= 0.3 is 5.97 Å². The maximum absolute atomic E-state index is 10.9. The first-order chi connectivity index (χ1) is 9.72. The monoisotopic (exact) mass is 270 g/mol. The number of benzene rings is 2. The normalized spacial score (nSPS) is 16.9. The first-order valence-corrected chi connectivity index (χ1v) is 6.47. The molecule has 0 radical (unpaired) electrons. The van der Waals surface area contributed by atoms with Crippen molar-refractivity contribution in [3.8, 4) is 17.2 Å². The van der Waals surface area contributed by atoms with E-state index in [0.717, 1.165) is 17.1 Å². The number of aryl methyl sites for hydroxylation is 1. The van der Waals surface area contributed by atoms with Crippen LogP contribution in [0.5, 0.6) is 17.2 Å². The number of carboxylic acid groups (broad SMARTS) is 1. The molecule has 0 saturated carbocycles. The van der Waals surface area contributed by atoms with Gasteiger partial charge in [-0.05, 0) is 48.7 Å². The van der Waals surface area contributed by atoms with E-state index in [1.165, 1.54) is 0 Å². The Morgan fingerprint density at radius 1 is 1.15 bits per heavy atom. The van der Waals surface area contributed by atoms with Crippen LogP contribution in [0.15, 0.2) is 48.5 Å². The molecule has 0 aromatic heterocycles. The predicted octanol–water partition coefficient (Wildman–Crippen LogP) is 3.26. The summed E-state index contributed by atoms with van der Waals surface area (Å²) in [5, 5.41) is 8.96. The highest BCUT2D eigenvalue weighted by molar-refractivity contribution is 5.73. The van der Waals surface area contributed by atoms with Gasteiger partial charge < -0.3 is 14.6 Å². The first-order valence-electron chi connectivity index (χ1n) is 6.47. The molecule has 102 valence electrons. The number of fused-ring (bicyclic) bond motifs is 1. The molecule has 0 saturated heterocycles. The van der Waals surface area contributed by atoms with Gasteiger partial charge in [0, 0.05) is 0 Å². The van der Waals surface area contributed by atoms with Crippen molar-refractivity contribution in [2.75, 3.05) is 0 Å². The molecule has 1 atom stereocenters. The summed E-state index contributed by atoms with van der Waals surface area (Å²) in [6.07, 6.45) is 0.415. The van der Waals surface area contributed by atoms with Crippen LogP contribution in [0.1, 0.15) is 12.0 Å². The van der Waals surface area contributed by atoms with Crippen LogP contribution < -0.4 is 9.47 Å². The van der Waals surface area contributed by atoms with E-state index in [0.29, 0.717) is 18.6 Å². The van der Waals surface area contributed by atoms with Crippen molar-refractivity contribution >= 4 is 5.97 Å². The van der Waals surface area contributed by atoms with E-state index in [-0.39, 0.29) is 0 Å². The van der Waals surface area contributed by atoms with Gasteiger partial charge in [-0.25, -0.2) is 4.79 Å². The lowest BCUT2D eigenvalue weighted by Gasteiger charge is -2.23.